The van der Waals surface area contributed by atoms with Crippen LogP contribution in [0.3, 0.4) is 0 Å². The van der Waals surface area contributed by atoms with Crippen molar-refractivity contribution in [1.29, 1.82) is 0 Å². The van der Waals surface area contributed by atoms with Gasteiger partial charge in [-0.25, -0.2) is 0 Å². The van der Waals surface area contributed by atoms with Crippen molar-refractivity contribution in [3.63, 3.8) is 0 Å². The van der Waals surface area contributed by atoms with E-state index in [-0.39, 0.29) is 5.97 Å². The molecule has 2 heteroatoms. The van der Waals surface area contributed by atoms with Crippen molar-refractivity contribution < 1.29 is 9.53 Å². The van der Waals surface area contributed by atoms with E-state index in [4.69, 9.17) is 4.74 Å². The fourth-order valence-electron chi connectivity index (χ4n) is 4.36. The summed E-state index contributed by atoms with van der Waals surface area (Å²) in [5.41, 5.74) is 0. The topological polar surface area (TPSA) is 26.3 Å². The molecule has 0 aliphatic rings. The van der Waals surface area contributed by atoms with Crippen LogP contribution in [0, 0.1) is 0 Å². The number of carbonyl (C=O) groups is 1. The zero-order valence-electron chi connectivity index (χ0n) is 22.9. The van der Waals surface area contributed by atoms with E-state index in [0.717, 1.165) is 19.3 Å². The first-order chi connectivity index (χ1) is 16.3. The van der Waals surface area contributed by atoms with Gasteiger partial charge in [0.1, 0.15) is 0 Å². The third-order valence-corrected chi connectivity index (χ3v) is 6.65. The highest BCUT2D eigenvalue weighted by atomic mass is 16.5. The normalized spacial score (nSPS) is 11.5. The van der Waals surface area contributed by atoms with Gasteiger partial charge in [0, 0.05) is 6.42 Å². The fraction of sp³-hybridized carbons (Fsp3) is 0.903. The lowest BCUT2D eigenvalue weighted by atomic mass is 10.0. The highest BCUT2D eigenvalue weighted by molar-refractivity contribution is 5.69. The van der Waals surface area contributed by atoms with Crippen LogP contribution in [-0.4, -0.2) is 12.6 Å². The zero-order chi connectivity index (χ0) is 24.1. The second-order valence-corrected chi connectivity index (χ2v) is 10.1. The van der Waals surface area contributed by atoms with E-state index >= 15 is 0 Å². The Labute approximate surface area is 208 Å². The molecule has 0 radical (unpaired) electrons. The summed E-state index contributed by atoms with van der Waals surface area (Å²) in [6.07, 6.45) is 36.7. The highest BCUT2D eigenvalue weighted by Crippen LogP contribution is 2.13. The number of hydrogen-bond acceptors (Lipinski definition) is 2. The van der Waals surface area contributed by atoms with Crippen LogP contribution in [0.5, 0.6) is 0 Å². The first-order valence-corrected chi connectivity index (χ1v) is 15.1. The maximum Gasteiger partial charge on any atom is 0.305 e. The Balaban J connectivity index is 3.18. The van der Waals surface area contributed by atoms with E-state index in [1.165, 1.54) is 135 Å². The Kier molecular flexibility index (Phi) is 28.5. The molecule has 2 nitrogen and oxygen atoms in total. The standard InChI is InChI=1S/C31H60O2/c1-3-5-7-9-11-13-15-17-19-21-23-25-27-29-31(32)33-30-28-26-24-22-20-18-16-14-12-10-8-6-4-2/h13,15H,3-12,14,16-30H2,1-2H3/b15-13-. The molecule has 0 saturated carbocycles. The minimum absolute atomic E-state index is 0.0138. The number of rotatable bonds is 27. The number of hydrogen-bond donors (Lipinski definition) is 0. The Morgan fingerprint density at radius 3 is 1.33 bits per heavy atom. The first-order valence-electron chi connectivity index (χ1n) is 15.1. The predicted octanol–water partition coefficient (Wildman–Crippen LogP) is 10.9. The van der Waals surface area contributed by atoms with E-state index in [2.05, 4.69) is 26.0 Å². The van der Waals surface area contributed by atoms with Crippen molar-refractivity contribution in [3.05, 3.63) is 12.2 Å². The van der Waals surface area contributed by atoms with Gasteiger partial charge in [-0.05, 0) is 38.5 Å². The molecule has 0 atom stereocenters. The van der Waals surface area contributed by atoms with Gasteiger partial charge in [-0.2, -0.15) is 0 Å². The van der Waals surface area contributed by atoms with Crippen LogP contribution >= 0.6 is 0 Å². The average Bonchev–Trinajstić information content (AvgIpc) is 2.82. The predicted molar refractivity (Wildman–Crippen MR) is 147 cm³/mol. The zero-order valence-corrected chi connectivity index (χ0v) is 22.9. The molecule has 0 amide bonds. The van der Waals surface area contributed by atoms with Crippen molar-refractivity contribution in [3.8, 4) is 0 Å². The molecule has 0 aromatic heterocycles. The molecule has 0 rings (SSSR count). The van der Waals surface area contributed by atoms with Gasteiger partial charge in [0.05, 0.1) is 6.61 Å². The number of allylic oxidation sites excluding steroid dienone is 2. The second kappa shape index (κ2) is 29.2. The maximum absolute atomic E-state index is 11.8. The molecule has 33 heavy (non-hydrogen) atoms. The molecule has 0 N–H and O–H groups in total. The molecule has 0 fully saturated rings. The Bertz CT molecular complexity index is 402. The van der Waals surface area contributed by atoms with Crippen LogP contribution in [0.1, 0.15) is 174 Å². The molecule has 0 heterocycles. The van der Waals surface area contributed by atoms with Crippen LogP contribution in [0.2, 0.25) is 0 Å². The summed E-state index contributed by atoms with van der Waals surface area (Å²) in [7, 11) is 0. The number of ether oxygens (including phenoxy) is 1. The van der Waals surface area contributed by atoms with Crippen LogP contribution < -0.4 is 0 Å². The molecule has 0 unspecified atom stereocenters. The second-order valence-electron chi connectivity index (χ2n) is 10.1. The summed E-state index contributed by atoms with van der Waals surface area (Å²) in [5.74, 6) is 0.0138. The van der Waals surface area contributed by atoms with Crippen molar-refractivity contribution in [2.75, 3.05) is 6.61 Å². The molecular formula is C31H60O2. The molecule has 0 aliphatic carbocycles. The van der Waals surface area contributed by atoms with Gasteiger partial charge >= 0.3 is 5.97 Å². The van der Waals surface area contributed by atoms with E-state index in [1.807, 2.05) is 0 Å². The lowest BCUT2D eigenvalue weighted by Crippen LogP contribution is -2.05. The average molecular weight is 465 g/mol. The minimum atomic E-state index is 0.0138. The summed E-state index contributed by atoms with van der Waals surface area (Å²) in [4.78, 5) is 11.8. The quantitative estimate of drug-likeness (QED) is 0.0686. The molecule has 196 valence electrons. The van der Waals surface area contributed by atoms with Gasteiger partial charge in [-0.3, -0.25) is 4.79 Å². The van der Waals surface area contributed by atoms with Crippen LogP contribution in [0.15, 0.2) is 12.2 Å². The third-order valence-electron chi connectivity index (χ3n) is 6.65. The van der Waals surface area contributed by atoms with Gasteiger partial charge < -0.3 is 4.74 Å². The molecule has 0 aliphatic heterocycles. The minimum Gasteiger partial charge on any atom is -0.466 e. The fourth-order valence-corrected chi connectivity index (χ4v) is 4.36. The van der Waals surface area contributed by atoms with Crippen LogP contribution in [0.4, 0.5) is 0 Å². The number of carbonyl (C=O) groups excluding carboxylic acids is 1. The van der Waals surface area contributed by atoms with Crippen molar-refractivity contribution >= 4 is 5.97 Å². The Morgan fingerprint density at radius 2 is 0.848 bits per heavy atom. The van der Waals surface area contributed by atoms with Gasteiger partial charge in [0.25, 0.3) is 0 Å². The smallest absolute Gasteiger partial charge is 0.305 e. The van der Waals surface area contributed by atoms with Crippen molar-refractivity contribution in [1.82, 2.24) is 0 Å². The van der Waals surface area contributed by atoms with Crippen molar-refractivity contribution in [2.45, 2.75) is 174 Å². The summed E-state index contributed by atoms with van der Waals surface area (Å²) in [5, 5.41) is 0. The molecule has 0 aromatic carbocycles. The summed E-state index contributed by atoms with van der Waals surface area (Å²) < 4.78 is 5.40. The van der Waals surface area contributed by atoms with Gasteiger partial charge in [-0.1, -0.05) is 142 Å². The summed E-state index contributed by atoms with van der Waals surface area (Å²) in [6.45, 7) is 5.17. The summed E-state index contributed by atoms with van der Waals surface area (Å²) in [6, 6.07) is 0. The van der Waals surface area contributed by atoms with E-state index in [9.17, 15) is 4.79 Å². The molecular weight excluding hydrogens is 404 g/mol. The summed E-state index contributed by atoms with van der Waals surface area (Å²) >= 11 is 0. The monoisotopic (exact) mass is 464 g/mol. The molecule has 0 spiro atoms. The lowest BCUT2D eigenvalue weighted by Gasteiger charge is -2.05. The maximum atomic E-state index is 11.8. The van der Waals surface area contributed by atoms with Crippen LogP contribution in [0.25, 0.3) is 0 Å². The molecule has 0 saturated heterocycles. The van der Waals surface area contributed by atoms with Gasteiger partial charge in [0.15, 0.2) is 0 Å². The van der Waals surface area contributed by atoms with E-state index in [0.29, 0.717) is 13.0 Å². The Hall–Kier alpha value is -0.790. The number of unbranched alkanes of at least 4 members (excludes halogenated alkanes) is 21. The Morgan fingerprint density at radius 1 is 0.485 bits per heavy atom. The molecule has 0 bridgehead atoms. The van der Waals surface area contributed by atoms with Crippen molar-refractivity contribution in [2.24, 2.45) is 0 Å². The van der Waals surface area contributed by atoms with Crippen LogP contribution in [-0.2, 0) is 9.53 Å². The van der Waals surface area contributed by atoms with E-state index in [1.54, 1.807) is 0 Å². The SMILES string of the molecule is CCCCCC/C=C\CCCCCCCC(=O)OCCCCCCCCCCCCCCC. The first kappa shape index (κ1) is 32.2. The van der Waals surface area contributed by atoms with E-state index < -0.39 is 0 Å². The van der Waals surface area contributed by atoms with Gasteiger partial charge in [-0.15, -0.1) is 0 Å². The largest absolute Gasteiger partial charge is 0.466 e. The number of esters is 1. The third kappa shape index (κ3) is 29.2. The highest BCUT2D eigenvalue weighted by Gasteiger charge is 2.02. The molecule has 0 aromatic rings. The van der Waals surface area contributed by atoms with Gasteiger partial charge in [0.2, 0.25) is 0 Å². The lowest BCUT2D eigenvalue weighted by molar-refractivity contribution is -0.143.